The molecular formula is C21H25NO3. The largest absolute Gasteiger partial charge is 0.376 e. The van der Waals surface area contributed by atoms with Gasteiger partial charge in [0, 0.05) is 19.0 Å². The van der Waals surface area contributed by atoms with Crippen LogP contribution in [0.5, 0.6) is 0 Å². The SMILES string of the molecule is O=C1CC(COCc2ccccc2)NCC1COCc1ccccc1. The molecular weight excluding hydrogens is 314 g/mol. The summed E-state index contributed by atoms with van der Waals surface area (Å²) in [6.07, 6.45) is 0.508. The summed E-state index contributed by atoms with van der Waals surface area (Å²) in [4.78, 5) is 12.3. The third-order valence-corrected chi connectivity index (χ3v) is 4.42. The zero-order chi connectivity index (χ0) is 17.3. The van der Waals surface area contributed by atoms with Gasteiger partial charge in [-0.1, -0.05) is 60.7 Å². The lowest BCUT2D eigenvalue weighted by atomic mass is 9.94. The fraction of sp³-hybridized carbons (Fsp3) is 0.381. The summed E-state index contributed by atoms with van der Waals surface area (Å²) >= 11 is 0. The number of benzene rings is 2. The van der Waals surface area contributed by atoms with Gasteiger partial charge < -0.3 is 14.8 Å². The maximum Gasteiger partial charge on any atom is 0.141 e. The Balaban J connectivity index is 1.34. The van der Waals surface area contributed by atoms with Crippen molar-refractivity contribution in [3.63, 3.8) is 0 Å². The molecule has 1 N–H and O–H groups in total. The standard InChI is InChI=1S/C21H25NO3/c23-21-11-20(16-25-14-18-9-5-2-6-10-18)22-12-19(21)15-24-13-17-7-3-1-4-8-17/h1-10,19-20,22H,11-16H2. The maximum absolute atomic E-state index is 12.3. The highest BCUT2D eigenvalue weighted by Crippen LogP contribution is 2.13. The van der Waals surface area contributed by atoms with Gasteiger partial charge in [0.15, 0.2) is 0 Å². The minimum atomic E-state index is -0.0610. The second-order valence-electron chi connectivity index (χ2n) is 6.47. The van der Waals surface area contributed by atoms with E-state index < -0.39 is 0 Å². The van der Waals surface area contributed by atoms with Crippen LogP contribution in [0.2, 0.25) is 0 Å². The molecule has 1 aliphatic rings. The molecule has 4 heteroatoms. The summed E-state index contributed by atoms with van der Waals surface area (Å²) < 4.78 is 11.4. The van der Waals surface area contributed by atoms with Crippen LogP contribution in [0.3, 0.4) is 0 Å². The van der Waals surface area contributed by atoms with Crippen LogP contribution in [0.15, 0.2) is 60.7 Å². The first-order valence-electron chi connectivity index (χ1n) is 8.80. The summed E-state index contributed by atoms with van der Waals surface area (Å²) in [5, 5.41) is 3.41. The van der Waals surface area contributed by atoms with Gasteiger partial charge in [-0.3, -0.25) is 4.79 Å². The second kappa shape index (κ2) is 9.47. The molecule has 1 saturated heterocycles. The summed E-state index contributed by atoms with van der Waals surface area (Å²) in [6.45, 7) is 2.81. The molecule has 2 atom stereocenters. The quantitative estimate of drug-likeness (QED) is 0.803. The van der Waals surface area contributed by atoms with Crippen LogP contribution in [0.25, 0.3) is 0 Å². The average Bonchev–Trinajstić information content (AvgIpc) is 2.65. The Morgan fingerprint density at radius 1 is 0.840 bits per heavy atom. The van der Waals surface area contributed by atoms with E-state index in [4.69, 9.17) is 9.47 Å². The van der Waals surface area contributed by atoms with Crippen LogP contribution in [-0.2, 0) is 27.5 Å². The van der Waals surface area contributed by atoms with Crippen LogP contribution < -0.4 is 5.32 Å². The van der Waals surface area contributed by atoms with Crippen molar-refractivity contribution in [1.82, 2.24) is 5.32 Å². The molecule has 2 aromatic carbocycles. The van der Waals surface area contributed by atoms with E-state index in [0.717, 1.165) is 11.1 Å². The van der Waals surface area contributed by atoms with Crippen LogP contribution in [-0.4, -0.2) is 31.6 Å². The molecule has 1 aliphatic heterocycles. The zero-order valence-corrected chi connectivity index (χ0v) is 14.4. The van der Waals surface area contributed by atoms with Gasteiger partial charge in [0.2, 0.25) is 0 Å². The zero-order valence-electron chi connectivity index (χ0n) is 14.4. The van der Waals surface area contributed by atoms with Crippen LogP contribution in [0.4, 0.5) is 0 Å². The predicted octanol–water partition coefficient (Wildman–Crippen LogP) is 2.97. The number of nitrogens with one attached hydrogen (secondary N) is 1. The smallest absolute Gasteiger partial charge is 0.141 e. The van der Waals surface area contributed by atoms with Gasteiger partial charge in [-0.15, -0.1) is 0 Å². The lowest BCUT2D eigenvalue weighted by Crippen LogP contribution is -2.47. The van der Waals surface area contributed by atoms with E-state index >= 15 is 0 Å². The summed E-state index contributed by atoms with van der Waals surface area (Å²) in [5.74, 6) is 0.203. The average molecular weight is 339 g/mol. The molecule has 1 heterocycles. The molecule has 25 heavy (non-hydrogen) atoms. The fourth-order valence-corrected chi connectivity index (χ4v) is 2.96. The van der Waals surface area contributed by atoms with Gasteiger partial charge in [-0.25, -0.2) is 0 Å². The van der Waals surface area contributed by atoms with Crippen LogP contribution in [0, 0.1) is 5.92 Å². The van der Waals surface area contributed by atoms with Crippen molar-refractivity contribution in [2.75, 3.05) is 19.8 Å². The number of piperidine rings is 1. The minimum absolute atomic E-state index is 0.0610. The molecule has 0 aromatic heterocycles. The number of Topliss-reactive ketones (excluding diaryl/α,β-unsaturated/α-hetero) is 1. The Morgan fingerprint density at radius 3 is 1.96 bits per heavy atom. The predicted molar refractivity (Wildman–Crippen MR) is 97.1 cm³/mol. The second-order valence-corrected chi connectivity index (χ2v) is 6.47. The van der Waals surface area contributed by atoms with E-state index in [2.05, 4.69) is 5.32 Å². The number of carbonyl (C=O) groups excluding carboxylic acids is 1. The normalized spacial score (nSPS) is 20.6. The van der Waals surface area contributed by atoms with Crippen LogP contribution >= 0.6 is 0 Å². The Bertz CT molecular complexity index is 645. The summed E-state index contributed by atoms with van der Waals surface area (Å²) in [7, 11) is 0. The summed E-state index contributed by atoms with van der Waals surface area (Å²) in [6, 6.07) is 20.2. The van der Waals surface area contributed by atoms with E-state index in [1.165, 1.54) is 0 Å². The van der Waals surface area contributed by atoms with Crippen molar-refractivity contribution < 1.29 is 14.3 Å². The van der Waals surface area contributed by atoms with E-state index in [1.54, 1.807) is 0 Å². The Morgan fingerprint density at radius 2 is 1.40 bits per heavy atom. The van der Waals surface area contributed by atoms with Crippen molar-refractivity contribution >= 4 is 5.78 Å². The Hall–Kier alpha value is -2.01. The van der Waals surface area contributed by atoms with Crippen molar-refractivity contribution in [3.05, 3.63) is 71.8 Å². The molecule has 0 saturated carbocycles. The summed E-state index contributed by atoms with van der Waals surface area (Å²) in [5.41, 5.74) is 2.28. The highest BCUT2D eigenvalue weighted by Gasteiger charge is 2.28. The number of rotatable bonds is 8. The first kappa shape index (κ1) is 17.8. The third-order valence-electron chi connectivity index (χ3n) is 4.42. The van der Waals surface area contributed by atoms with Crippen LogP contribution in [0.1, 0.15) is 17.5 Å². The van der Waals surface area contributed by atoms with Crippen molar-refractivity contribution in [3.8, 4) is 0 Å². The number of ketones is 1. The Kier molecular flexibility index (Phi) is 6.74. The molecule has 4 nitrogen and oxygen atoms in total. The molecule has 1 fully saturated rings. The number of ether oxygens (including phenoxy) is 2. The molecule has 0 spiro atoms. The van der Waals surface area contributed by atoms with E-state index in [9.17, 15) is 4.79 Å². The van der Waals surface area contributed by atoms with E-state index in [1.807, 2.05) is 60.7 Å². The highest BCUT2D eigenvalue weighted by atomic mass is 16.5. The monoisotopic (exact) mass is 339 g/mol. The van der Waals surface area contributed by atoms with Gasteiger partial charge in [-0.2, -0.15) is 0 Å². The third kappa shape index (κ3) is 5.78. The lowest BCUT2D eigenvalue weighted by Gasteiger charge is -2.28. The first-order chi connectivity index (χ1) is 12.3. The lowest BCUT2D eigenvalue weighted by molar-refractivity contribution is -0.127. The number of hydrogen-bond acceptors (Lipinski definition) is 4. The van der Waals surface area contributed by atoms with Crippen molar-refractivity contribution in [1.29, 1.82) is 0 Å². The molecule has 132 valence electrons. The molecule has 2 unspecified atom stereocenters. The topological polar surface area (TPSA) is 47.6 Å². The maximum atomic E-state index is 12.3. The van der Waals surface area contributed by atoms with Gasteiger partial charge in [0.1, 0.15) is 5.78 Å². The Labute approximate surface area is 149 Å². The molecule has 0 radical (unpaired) electrons. The van der Waals surface area contributed by atoms with Crippen molar-refractivity contribution in [2.24, 2.45) is 5.92 Å². The molecule has 2 aromatic rings. The van der Waals surface area contributed by atoms with Gasteiger partial charge in [0.25, 0.3) is 0 Å². The minimum Gasteiger partial charge on any atom is -0.376 e. The molecule has 0 amide bonds. The molecule has 3 rings (SSSR count). The fourth-order valence-electron chi connectivity index (χ4n) is 2.96. The van der Waals surface area contributed by atoms with E-state index in [-0.39, 0.29) is 17.7 Å². The molecule has 0 aliphatic carbocycles. The number of hydrogen-bond donors (Lipinski definition) is 1. The highest BCUT2D eigenvalue weighted by molar-refractivity contribution is 5.82. The molecule has 0 bridgehead atoms. The first-order valence-corrected chi connectivity index (χ1v) is 8.80. The van der Waals surface area contributed by atoms with Gasteiger partial charge >= 0.3 is 0 Å². The van der Waals surface area contributed by atoms with Crippen molar-refractivity contribution in [2.45, 2.75) is 25.7 Å². The van der Waals surface area contributed by atoms with Gasteiger partial charge in [-0.05, 0) is 11.1 Å². The number of carbonyl (C=O) groups is 1. The van der Waals surface area contributed by atoms with Gasteiger partial charge in [0.05, 0.1) is 32.3 Å². The van der Waals surface area contributed by atoms with E-state index in [0.29, 0.717) is 39.4 Å².